The van der Waals surface area contributed by atoms with Gasteiger partial charge < -0.3 is 20.1 Å². The number of carbonyl (C=O) groups excluding carboxylic acids is 1. The Morgan fingerprint density at radius 3 is 2.30 bits per heavy atom. The van der Waals surface area contributed by atoms with E-state index in [0.717, 1.165) is 24.0 Å². The Balaban J connectivity index is 1.59. The lowest BCUT2D eigenvalue weighted by molar-refractivity contribution is 0.134. The van der Waals surface area contributed by atoms with Crippen molar-refractivity contribution in [2.45, 2.75) is 25.0 Å². The summed E-state index contributed by atoms with van der Waals surface area (Å²) < 4.78 is 5.26. The maximum absolute atomic E-state index is 12.0. The maximum atomic E-state index is 12.0. The first kappa shape index (κ1) is 15.6. The molecule has 0 spiro atoms. The summed E-state index contributed by atoms with van der Waals surface area (Å²) in [5, 5.41) is 21.2. The highest BCUT2D eigenvalue weighted by atomic mass is 16.5. The summed E-state index contributed by atoms with van der Waals surface area (Å²) in [4.78, 5) is 12.0. The summed E-state index contributed by atoms with van der Waals surface area (Å²) >= 11 is 0. The van der Waals surface area contributed by atoms with Crippen LogP contribution in [0.3, 0.4) is 0 Å². The number of amides is 1. The van der Waals surface area contributed by atoms with Crippen molar-refractivity contribution in [2.24, 2.45) is 0 Å². The average molecular weight is 311 g/mol. The largest absolute Gasteiger partial charge is 0.488 e. The highest BCUT2D eigenvalue weighted by molar-refractivity contribution is 6.58. The van der Waals surface area contributed by atoms with Gasteiger partial charge in [0, 0.05) is 0 Å². The molecule has 0 atom stereocenters. The summed E-state index contributed by atoms with van der Waals surface area (Å²) in [5.41, 5.74) is 1.91. The van der Waals surface area contributed by atoms with Crippen LogP contribution in [0.1, 0.15) is 24.0 Å². The van der Waals surface area contributed by atoms with Crippen molar-refractivity contribution < 1.29 is 19.6 Å². The minimum atomic E-state index is -1.48. The predicted molar refractivity (Wildman–Crippen MR) is 86.9 cm³/mol. The molecule has 1 saturated carbocycles. The molecule has 0 saturated heterocycles. The molecule has 5 nitrogen and oxygen atoms in total. The lowest BCUT2D eigenvalue weighted by Crippen LogP contribution is -2.36. The number of alkyl carbamates (subject to hydrolysis) is 1. The predicted octanol–water partition coefficient (Wildman–Crippen LogP) is 1.28. The van der Waals surface area contributed by atoms with Gasteiger partial charge in [-0.1, -0.05) is 54.6 Å². The fourth-order valence-electron chi connectivity index (χ4n) is 2.54. The summed E-state index contributed by atoms with van der Waals surface area (Å²) in [6.07, 6.45) is 1.24. The third kappa shape index (κ3) is 3.72. The molecule has 118 valence electrons. The number of carbonyl (C=O) groups is 1. The van der Waals surface area contributed by atoms with Crippen LogP contribution in [0.4, 0.5) is 4.79 Å². The van der Waals surface area contributed by atoms with Crippen molar-refractivity contribution in [1.29, 1.82) is 0 Å². The molecule has 2 aromatic carbocycles. The van der Waals surface area contributed by atoms with Crippen LogP contribution in [-0.2, 0) is 16.9 Å². The summed E-state index contributed by atoms with van der Waals surface area (Å²) in [7, 11) is -1.48. The van der Waals surface area contributed by atoms with Gasteiger partial charge in [0.05, 0.1) is 5.54 Å². The Labute approximate surface area is 135 Å². The van der Waals surface area contributed by atoms with Gasteiger partial charge in [-0.2, -0.15) is 0 Å². The van der Waals surface area contributed by atoms with Crippen molar-refractivity contribution in [1.82, 2.24) is 5.32 Å². The zero-order valence-electron chi connectivity index (χ0n) is 12.6. The van der Waals surface area contributed by atoms with Gasteiger partial charge in [0.1, 0.15) is 6.61 Å². The molecule has 0 radical (unpaired) electrons. The lowest BCUT2D eigenvalue weighted by atomic mass is 9.79. The average Bonchev–Trinajstić information content (AvgIpc) is 3.35. The van der Waals surface area contributed by atoms with Crippen molar-refractivity contribution in [3.8, 4) is 0 Å². The SMILES string of the molecule is O=C(NC1(c2ccc(B(O)O)cc2)CC1)OCc1ccccc1. The fraction of sp³-hybridized carbons (Fsp3) is 0.235. The Morgan fingerprint density at radius 2 is 1.74 bits per heavy atom. The quantitative estimate of drug-likeness (QED) is 0.727. The van der Waals surface area contributed by atoms with Gasteiger partial charge in [0.2, 0.25) is 0 Å². The van der Waals surface area contributed by atoms with Crippen molar-refractivity contribution in [2.75, 3.05) is 0 Å². The molecule has 23 heavy (non-hydrogen) atoms. The van der Waals surface area contributed by atoms with E-state index in [-0.39, 0.29) is 6.61 Å². The van der Waals surface area contributed by atoms with Crippen molar-refractivity contribution in [3.05, 3.63) is 65.7 Å². The Morgan fingerprint density at radius 1 is 1.09 bits per heavy atom. The summed E-state index contributed by atoms with van der Waals surface area (Å²) in [5.74, 6) is 0. The topological polar surface area (TPSA) is 78.8 Å². The van der Waals surface area contributed by atoms with Crippen LogP contribution in [-0.4, -0.2) is 23.3 Å². The molecule has 1 fully saturated rings. The van der Waals surface area contributed by atoms with E-state index >= 15 is 0 Å². The number of ether oxygens (including phenoxy) is 1. The van der Waals surface area contributed by atoms with Crippen LogP contribution >= 0.6 is 0 Å². The molecule has 0 bridgehead atoms. The van der Waals surface area contributed by atoms with Crippen LogP contribution < -0.4 is 10.8 Å². The second-order valence-electron chi connectivity index (χ2n) is 5.76. The first-order chi connectivity index (χ1) is 11.1. The van der Waals surface area contributed by atoms with E-state index in [1.165, 1.54) is 0 Å². The van der Waals surface area contributed by atoms with E-state index in [0.29, 0.717) is 5.46 Å². The van der Waals surface area contributed by atoms with Crippen LogP contribution in [0.2, 0.25) is 0 Å². The molecule has 0 aliphatic heterocycles. The van der Waals surface area contributed by atoms with Crippen LogP contribution in [0.5, 0.6) is 0 Å². The molecule has 1 amide bonds. The normalized spacial score (nSPS) is 14.9. The highest BCUT2D eigenvalue weighted by Gasteiger charge is 2.46. The van der Waals surface area contributed by atoms with Gasteiger partial charge in [0.25, 0.3) is 0 Å². The van der Waals surface area contributed by atoms with Crippen molar-refractivity contribution >= 4 is 18.7 Å². The number of rotatable bonds is 5. The van der Waals surface area contributed by atoms with Gasteiger partial charge in [0.15, 0.2) is 0 Å². The fourth-order valence-corrected chi connectivity index (χ4v) is 2.54. The van der Waals surface area contributed by atoms with E-state index < -0.39 is 18.8 Å². The Hall–Kier alpha value is -2.31. The maximum Gasteiger partial charge on any atom is 0.488 e. The molecule has 6 heteroatoms. The van der Waals surface area contributed by atoms with E-state index in [4.69, 9.17) is 14.8 Å². The third-order valence-corrected chi connectivity index (χ3v) is 4.07. The van der Waals surface area contributed by atoms with E-state index in [2.05, 4.69) is 5.32 Å². The van der Waals surface area contributed by atoms with E-state index in [9.17, 15) is 4.79 Å². The molecule has 3 rings (SSSR count). The van der Waals surface area contributed by atoms with Crippen molar-refractivity contribution in [3.63, 3.8) is 0 Å². The number of benzene rings is 2. The van der Waals surface area contributed by atoms with Gasteiger partial charge in [-0.3, -0.25) is 0 Å². The first-order valence-corrected chi connectivity index (χ1v) is 7.54. The minimum absolute atomic E-state index is 0.235. The Bertz CT molecular complexity index is 669. The lowest BCUT2D eigenvalue weighted by Gasteiger charge is -2.18. The van der Waals surface area contributed by atoms with E-state index in [1.54, 1.807) is 24.3 Å². The Kier molecular flexibility index (Phi) is 4.36. The molecule has 2 aromatic rings. The van der Waals surface area contributed by atoms with Gasteiger partial charge in [-0.05, 0) is 29.4 Å². The molecule has 0 heterocycles. The molecule has 0 aromatic heterocycles. The number of nitrogens with one attached hydrogen (secondary N) is 1. The molecule has 0 unspecified atom stereocenters. The standard InChI is InChI=1S/C17H18BNO4/c20-16(23-12-13-4-2-1-3-5-13)19-17(10-11-17)14-6-8-15(9-7-14)18(21)22/h1-9,21-22H,10-12H2,(H,19,20). The minimum Gasteiger partial charge on any atom is -0.445 e. The van der Waals surface area contributed by atoms with Gasteiger partial charge >= 0.3 is 13.2 Å². The van der Waals surface area contributed by atoms with E-state index in [1.807, 2.05) is 30.3 Å². The number of hydrogen-bond donors (Lipinski definition) is 3. The molecule has 3 N–H and O–H groups in total. The zero-order valence-corrected chi connectivity index (χ0v) is 12.6. The van der Waals surface area contributed by atoms with Crippen LogP contribution in [0, 0.1) is 0 Å². The first-order valence-electron chi connectivity index (χ1n) is 7.54. The smallest absolute Gasteiger partial charge is 0.445 e. The third-order valence-electron chi connectivity index (χ3n) is 4.07. The zero-order chi connectivity index (χ0) is 16.3. The summed E-state index contributed by atoms with van der Waals surface area (Å²) in [6.45, 7) is 0.235. The highest BCUT2D eigenvalue weighted by Crippen LogP contribution is 2.45. The summed E-state index contributed by atoms with van der Waals surface area (Å²) in [6, 6.07) is 16.4. The van der Waals surface area contributed by atoms with Crippen LogP contribution in [0.15, 0.2) is 54.6 Å². The molecular formula is C17H18BNO4. The van der Waals surface area contributed by atoms with Crippen LogP contribution in [0.25, 0.3) is 0 Å². The molecule has 1 aliphatic rings. The molecule has 1 aliphatic carbocycles. The van der Waals surface area contributed by atoms with Gasteiger partial charge in [-0.25, -0.2) is 4.79 Å². The molecular weight excluding hydrogens is 293 g/mol. The second-order valence-corrected chi connectivity index (χ2v) is 5.76. The number of hydrogen-bond acceptors (Lipinski definition) is 4. The van der Waals surface area contributed by atoms with Gasteiger partial charge in [-0.15, -0.1) is 0 Å². The monoisotopic (exact) mass is 311 g/mol. The second kappa shape index (κ2) is 6.44.